The van der Waals surface area contributed by atoms with Crippen molar-refractivity contribution in [2.45, 2.75) is 39.7 Å². The summed E-state index contributed by atoms with van der Waals surface area (Å²) in [4.78, 5) is 4.50. The van der Waals surface area contributed by atoms with Crippen LogP contribution in [0.15, 0.2) is 27.7 Å². The molecule has 1 atom stereocenters. The topological polar surface area (TPSA) is 56.6 Å². The molecular weight excluding hydrogens is 488 g/mol. The van der Waals surface area contributed by atoms with Gasteiger partial charge in [0, 0.05) is 19.7 Å². The number of halogens is 3. The van der Waals surface area contributed by atoms with Gasteiger partial charge in [0.05, 0.1) is 11.0 Å². The maximum Gasteiger partial charge on any atom is 0.191 e. The van der Waals surface area contributed by atoms with Gasteiger partial charge in [0.2, 0.25) is 0 Å². The maximum absolute atomic E-state index is 13.5. The van der Waals surface area contributed by atoms with Crippen molar-refractivity contribution in [1.29, 1.82) is 0 Å². The van der Waals surface area contributed by atoms with Gasteiger partial charge in [0.15, 0.2) is 5.96 Å². The van der Waals surface area contributed by atoms with Crippen LogP contribution in [0.3, 0.4) is 0 Å². The normalized spacial score (nSPS) is 12.5. The Labute approximate surface area is 169 Å². The van der Waals surface area contributed by atoms with E-state index in [2.05, 4.69) is 38.5 Å². The van der Waals surface area contributed by atoms with Crippen LogP contribution >= 0.6 is 39.9 Å². The average Bonchev–Trinajstić information content (AvgIpc) is 2.53. The standard InChI is InChI=1S/C17H27BrFN3O.HI/c1-3-5-13(8-9-23)11-21-17(20-4-2)22-12-14-6-7-15(18)16(19)10-14;/h6-7,10,13,23H,3-5,8-9,11-12H2,1-2H3,(H2,20,21,22);1H. The van der Waals surface area contributed by atoms with Crippen molar-refractivity contribution in [3.8, 4) is 0 Å². The summed E-state index contributed by atoms with van der Waals surface area (Å²) in [6.45, 7) is 6.31. The predicted octanol–water partition coefficient (Wildman–Crippen LogP) is 4.06. The molecular formula is C17H28BrFIN3O. The molecule has 4 nitrogen and oxygen atoms in total. The summed E-state index contributed by atoms with van der Waals surface area (Å²) >= 11 is 3.15. The summed E-state index contributed by atoms with van der Waals surface area (Å²) < 4.78 is 14.0. The maximum atomic E-state index is 13.5. The lowest BCUT2D eigenvalue weighted by Gasteiger charge is -2.18. The highest BCUT2D eigenvalue weighted by molar-refractivity contribution is 14.0. The first kappa shape index (κ1) is 23.6. The van der Waals surface area contributed by atoms with Crippen LogP contribution in [0, 0.1) is 11.7 Å². The highest BCUT2D eigenvalue weighted by Crippen LogP contribution is 2.16. The molecule has 1 aromatic rings. The molecule has 1 rings (SSSR count). The minimum atomic E-state index is -0.276. The first-order valence-corrected chi connectivity index (χ1v) is 8.96. The van der Waals surface area contributed by atoms with Gasteiger partial charge in [-0.1, -0.05) is 19.4 Å². The SMILES string of the molecule is CCCC(CCO)CNC(=NCc1ccc(Br)c(F)c1)NCC.I. The summed E-state index contributed by atoms with van der Waals surface area (Å²) in [6, 6.07) is 5.04. The van der Waals surface area contributed by atoms with Gasteiger partial charge in [0.1, 0.15) is 5.82 Å². The van der Waals surface area contributed by atoms with E-state index in [9.17, 15) is 4.39 Å². The molecule has 0 saturated heterocycles. The zero-order valence-corrected chi connectivity index (χ0v) is 18.2. The van der Waals surface area contributed by atoms with Crippen LogP contribution in [0.5, 0.6) is 0 Å². The van der Waals surface area contributed by atoms with Crippen molar-refractivity contribution in [3.63, 3.8) is 0 Å². The van der Waals surface area contributed by atoms with E-state index in [0.717, 1.165) is 43.9 Å². The van der Waals surface area contributed by atoms with Crippen LogP contribution in [0.25, 0.3) is 0 Å². The van der Waals surface area contributed by atoms with Crippen molar-refractivity contribution < 1.29 is 9.50 Å². The summed E-state index contributed by atoms with van der Waals surface area (Å²) in [7, 11) is 0. The summed E-state index contributed by atoms with van der Waals surface area (Å²) in [5.41, 5.74) is 0.823. The fourth-order valence-electron chi connectivity index (χ4n) is 2.33. The van der Waals surface area contributed by atoms with Crippen molar-refractivity contribution in [3.05, 3.63) is 34.1 Å². The number of rotatable bonds is 9. The molecule has 0 bridgehead atoms. The van der Waals surface area contributed by atoms with Crippen LogP contribution in [-0.4, -0.2) is 30.8 Å². The third-order valence-corrected chi connectivity index (χ3v) is 4.18. The van der Waals surface area contributed by atoms with Crippen LogP contribution in [0.4, 0.5) is 4.39 Å². The Bertz CT molecular complexity index is 497. The number of guanidine groups is 1. The predicted molar refractivity (Wildman–Crippen MR) is 112 cm³/mol. The van der Waals surface area contributed by atoms with Crippen molar-refractivity contribution in [2.24, 2.45) is 10.9 Å². The van der Waals surface area contributed by atoms with Gasteiger partial charge in [0.25, 0.3) is 0 Å². The van der Waals surface area contributed by atoms with E-state index in [1.165, 1.54) is 6.07 Å². The molecule has 0 aliphatic heterocycles. The molecule has 1 aromatic carbocycles. The number of hydrogen-bond acceptors (Lipinski definition) is 2. The smallest absolute Gasteiger partial charge is 0.191 e. The molecule has 7 heteroatoms. The zero-order valence-electron chi connectivity index (χ0n) is 14.3. The van der Waals surface area contributed by atoms with Gasteiger partial charge < -0.3 is 15.7 Å². The quantitative estimate of drug-likeness (QED) is 0.264. The molecule has 0 aromatic heterocycles. The monoisotopic (exact) mass is 515 g/mol. The number of nitrogens with zero attached hydrogens (tertiary/aromatic N) is 1. The number of nitrogens with one attached hydrogen (secondary N) is 2. The third-order valence-electron chi connectivity index (χ3n) is 3.54. The van der Waals surface area contributed by atoms with Crippen LogP contribution in [0.2, 0.25) is 0 Å². The van der Waals surface area contributed by atoms with Crippen molar-refractivity contribution in [1.82, 2.24) is 10.6 Å². The second kappa shape index (κ2) is 13.8. The highest BCUT2D eigenvalue weighted by Gasteiger charge is 2.08. The average molecular weight is 516 g/mol. The largest absolute Gasteiger partial charge is 0.396 e. The summed E-state index contributed by atoms with van der Waals surface area (Å²) in [6.07, 6.45) is 2.96. The Morgan fingerprint density at radius 1 is 1.29 bits per heavy atom. The lowest BCUT2D eigenvalue weighted by Crippen LogP contribution is -2.40. The van der Waals surface area contributed by atoms with E-state index in [4.69, 9.17) is 5.11 Å². The molecule has 0 saturated carbocycles. The lowest BCUT2D eigenvalue weighted by atomic mass is 10.0. The number of aliphatic hydroxyl groups excluding tert-OH is 1. The highest BCUT2D eigenvalue weighted by atomic mass is 127. The van der Waals surface area contributed by atoms with E-state index in [0.29, 0.717) is 16.9 Å². The molecule has 24 heavy (non-hydrogen) atoms. The van der Waals surface area contributed by atoms with Gasteiger partial charge in [-0.15, -0.1) is 24.0 Å². The molecule has 1 unspecified atom stereocenters. The van der Waals surface area contributed by atoms with E-state index in [1.54, 1.807) is 6.07 Å². The van der Waals surface area contributed by atoms with E-state index >= 15 is 0 Å². The first-order valence-electron chi connectivity index (χ1n) is 8.17. The second-order valence-electron chi connectivity index (χ2n) is 5.49. The van der Waals surface area contributed by atoms with Crippen LogP contribution < -0.4 is 10.6 Å². The number of aliphatic imine (C=N–C) groups is 1. The van der Waals surface area contributed by atoms with Crippen LogP contribution in [-0.2, 0) is 6.54 Å². The molecule has 0 aliphatic carbocycles. The Kier molecular flexibility index (Phi) is 13.6. The van der Waals surface area contributed by atoms with E-state index in [1.807, 2.05) is 13.0 Å². The first-order chi connectivity index (χ1) is 11.1. The molecule has 0 amide bonds. The molecule has 0 aliphatic rings. The molecule has 0 radical (unpaired) electrons. The zero-order chi connectivity index (χ0) is 17.1. The van der Waals surface area contributed by atoms with Gasteiger partial charge in [-0.05, 0) is 59.3 Å². The van der Waals surface area contributed by atoms with Crippen LogP contribution in [0.1, 0.15) is 38.7 Å². The van der Waals surface area contributed by atoms with Gasteiger partial charge in [-0.3, -0.25) is 0 Å². The van der Waals surface area contributed by atoms with Gasteiger partial charge >= 0.3 is 0 Å². The Morgan fingerprint density at radius 3 is 2.62 bits per heavy atom. The van der Waals surface area contributed by atoms with Crippen molar-refractivity contribution in [2.75, 3.05) is 19.7 Å². The molecule has 0 spiro atoms. The van der Waals surface area contributed by atoms with Crippen molar-refractivity contribution >= 4 is 45.9 Å². The molecule has 0 fully saturated rings. The van der Waals surface area contributed by atoms with E-state index < -0.39 is 0 Å². The number of aliphatic hydroxyl groups is 1. The Balaban J connectivity index is 0.00000529. The minimum absolute atomic E-state index is 0. The lowest BCUT2D eigenvalue weighted by molar-refractivity contribution is 0.251. The second-order valence-corrected chi connectivity index (χ2v) is 6.35. The molecule has 138 valence electrons. The molecule has 0 heterocycles. The molecule has 3 N–H and O–H groups in total. The summed E-state index contributed by atoms with van der Waals surface area (Å²) in [5.74, 6) is 0.871. The minimum Gasteiger partial charge on any atom is -0.396 e. The number of hydrogen-bond donors (Lipinski definition) is 3. The Hall–Kier alpha value is -0.410. The fourth-order valence-corrected chi connectivity index (χ4v) is 2.58. The van der Waals surface area contributed by atoms with E-state index in [-0.39, 0.29) is 36.4 Å². The Morgan fingerprint density at radius 2 is 2.04 bits per heavy atom. The van der Waals surface area contributed by atoms with Gasteiger partial charge in [-0.25, -0.2) is 9.38 Å². The number of benzene rings is 1. The van der Waals surface area contributed by atoms with Gasteiger partial charge in [-0.2, -0.15) is 0 Å². The summed E-state index contributed by atoms with van der Waals surface area (Å²) in [5, 5.41) is 15.6. The third kappa shape index (κ3) is 9.17. The fraction of sp³-hybridized carbons (Fsp3) is 0.588.